The standard InChI is InChI=1S/C13H17N3O2S2/c1-9-3-4-12(5-11(9)6-14)20(17,18)16-7-13-10(2)15-8-19-13/h3-5,8,16H,6-7,14H2,1-2H3. The third-order valence-electron chi connectivity index (χ3n) is 3.12. The quantitative estimate of drug-likeness (QED) is 0.880. The minimum absolute atomic E-state index is 0.241. The highest BCUT2D eigenvalue weighted by Crippen LogP contribution is 2.17. The molecule has 0 unspecified atom stereocenters. The molecule has 1 aromatic carbocycles. The van der Waals surface area contributed by atoms with Gasteiger partial charge in [-0.3, -0.25) is 0 Å². The summed E-state index contributed by atoms with van der Waals surface area (Å²) in [5.41, 5.74) is 9.99. The number of sulfonamides is 1. The second-order valence-electron chi connectivity index (χ2n) is 4.48. The van der Waals surface area contributed by atoms with Crippen molar-refractivity contribution in [1.29, 1.82) is 0 Å². The second-order valence-corrected chi connectivity index (χ2v) is 7.18. The van der Waals surface area contributed by atoms with Crippen molar-refractivity contribution in [2.45, 2.75) is 31.8 Å². The van der Waals surface area contributed by atoms with E-state index >= 15 is 0 Å². The van der Waals surface area contributed by atoms with Gasteiger partial charge in [0, 0.05) is 18.0 Å². The maximum Gasteiger partial charge on any atom is 0.240 e. The molecule has 0 saturated heterocycles. The van der Waals surface area contributed by atoms with E-state index in [9.17, 15) is 8.42 Å². The lowest BCUT2D eigenvalue weighted by molar-refractivity contribution is 0.581. The molecule has 0 spiro atoms. The maximum atomic E-state index is 12.3. The smallest absolute Gasteiger partial charge is 0.240 e. The van der Waals surface area contributed by atoms with Gasteiger partial charge in [0.2, 0.25) is 10.0 Å². The monoisotopic (exact) mass is 311 g/mol. The van der Waals surface area contributed by atoms with Gasteiger partial charge in [-0.15, -0.1) is 11.3 Å². The Morgan fingerprint density at radius 1 is 1.35 bits per heavy atom. The highest BCUT2D eigenvalue weighted by molar-refractivity contribution is 7.89. The van der Waals surface area contributed by atoms with Gasteiger partial charge in [0.15, 0.2) is 0 Å². The minimum atomic E-state index is -3.53. The fraction of sp³-hybridized carbons (Fsp3) is 0.308. The summed E-state index contributed by atoms with van der Waals surface area (Å²) in [6.45, 7) is 4.35. The number of thiazole rings is 1. The van der Waals surface area contributed by atoms with Gasteiger partial charge in [-0.05, 0) is 37.1 Å². The predicted molar refractivity (Wildman–Crippen MR) is 79.9 cm³/mol. The number of nitrogens with one attached hydrogen (secondary N) is 1. The van der Waals surface area contributed by atoms with Gasteiger partial charge in [-0.2, -0.15) is 0 Å². The largest absolute Gasteiger partial charge is 0.326 e. The van der Waals surface area contributed by atoms with E-state index in [4.69, 9.17) is 5.73 Å². The van der Waals surface area contributed by atoms with Crippen LogP contribution in [-0.4, -0.2) is 13.4 Å². The van der Waals surface area contributed by atoms with Crippen molar-refractivity contribution < 1.29 is 8.42 Å². The van der Waals surface area contributed by atoms with Crippen molar-refractivity contribution in [2.75, 3.05) is 0 Å². The van der Waals surface area contributed by atoms with Crippen molar-refractivity contribution >= 4 is 21.4 Å². The lowest BCUT2D eigenvalue weighted by atomic mass is 10.1. The zero-order chi connectivity index (χ0) is 14.8. The number of rotatable bonds is 5. The Bertz CT molecular complexity index is 708. The molecule has 3 N–H and O–H groups in total. The number of nitrogens with zero attached hydrogens (tertiary/aromatic N) is 1. The number of benzene rings is 1. The average molecular weight is 311 g/mol. The first-order valence-electron chi connectivity index (χ1n) is 6.12. The first-order chi connectivity index (χ1) is 9.44. The van der Waals surface area contributed by atoms with Crippen LogP contribution in [0.2, 0.25) is 0 Å². The molecule has 0 aliphatic heterocycles. The summed E-state index contributed by atoms with van der Waals surface area (Å²) in [5, 5.41) is 0. The van der Waals surface area contributed by atoms with Gasteiger partial charge in [-0.1, -0.05) is 6.07 Å². The highest BCUT2D eigenvalue weighted by atomic mass is 32.2. The van der Waals surface area contributed by atoms with Crippen molar-refractivity contribution in [2.24, 2.45) is 5.73 Å². The molecule has 0 bridgehead atoms. The third-order valence-corrected chi connectivity index (χ3v) is 5.45. The SMILES string of the molecule is Cc1ccc(S(=O)(=O)NCc2scnc2C)cc1CN. The van der Waals surface area contributed by atoms with E-state index in [0.717, 1.165) is 21.7 Å². The first kappa shape index (κ1) is 15.1. The lowest BCUT2D eigenvalue weighted by Crippen LogP contribution is -2.23. The average Bonchev–Trinajstić information content (AvgIpc) is 2.82. The molecular formula is C13H17N3O2S2. The van der Waals surface area contributed by atoms with E-state index in [1.54, 1.807) is 23.7 Å². The molecule has 5 nitrogen and oxygen atoms in total. The number of nitrogens with two attached hydrogens (primary N) is 1. The maximum absolute atomic E-state index is 12.3. The molecule has 1 aromatic heterocycles. The third kappa shape index (κ3) is 3.24. The van der Waals surface area contributed by atoms with Gasteiger partial charge in [-0.25, -0.2) is 18.1 Å². The van der Waals surface area contributed by atoms with Gasteiger partial charge in [0.05, 0.1) is 16.1 Å². The molecule has 0 fully saturated rings. The van der Waals surface area contributed by atoms with Gasteiger partial charge in [0.1, 0.15) is 0 Å². The summed E-state index contributed by atoms with van der Waals surface area (Å²) in [4.78, 5) is 5.25. The lowest BCUT2D eigenvalue weighted by Gasteiger charge is -2.09. The zero-order valence-corrected chi connectivity index (χ0v) is 13.0. The highest BCUT2D eigenvalue weighted by Gasteiger charge is 2.15. The van der Waals surface area contributed by atoms with Gasteiger partial charge in [0.25, 0.3) is 0 Å². The molecule has 1 heterocycles. The van der Waals surface area contributed by atoms with Crippen molar-refractivity contribution in [3.8, 4) is 0 Å². The zero-order valence-electron chi connectivity index (χ0n) is 11.4. The van der Waals surface area contributed by atoms with E-state index in [0.29, 0.717) is 6.54 Å². The topological polar surface area (TPSA) is 85.1 Å². The van der Waals surface area contributed by atoms with Gasteiger partial charge < -0.3 is 5.73 Å². The van der Waals surface area contributed by atoms with Crippen molar-refractivity contribution in [3.63, 3.8) is 0 Å². The van der Waals surface area contributed by atoms with Crippen LogP contribution in [0, 0.1) is 13.8 Å². The molecule has 0 atom stereocenters. The summed E-state index contributed by atoms with van der Waals surface area (Å²) in [6, 6.07) is 4.99. The molecule has 108 valence electrons. The molecule has 0 aliphatic carbocycles. The summed E-state index contributed by atoms with van der Waals surface area (Å²) in [6.07, 6.45) is 0. The van der Waals surface area contributed by atoms with E-state index in [2.05, 4.69) is 9.71 Å². The Hall–Kier alpha value is -1.28. The van der Waals surface area contributed by atoms with Crippen LogP contribution in [0.3, 0.4) is 0 Å². The summed E-state index contributed by atoms with van der Waals surface area (Å²) in [7, 11) is -3.53. The van der Waals surface area contributed by atoms with Gasteiger partial charge >= 0.3 is 0 Å². The fourth-order valence-corrected chi connectivity index (χ4v) is 3.63. The van der Waals surface area contributed by atoms with E-state index < -0.39 is 10.0 Å². The van der Waals surface area contributed by atoms with Crippen LogP contribution in [0.4, 0.5) is 0 Å². The van der Waals surface area contributed by atoms with Crippen molar-refractivity contribution in [1.82, 2.24) is 9.71 Å². The number of aryl methyl sites for hydroxylation is 2. The molecule has 0 aliphatic rings. The second kappa shape index (κ2) is 6.01. The fourth-order valence-electron chi connectivity index (χ4n) is 1.77. The Morgan fingerprint density at radius 2 is 2.10 bits per heavy atom. The van der Waals surface area contributed by atoms with E-state index in [1.807, 2.05) is 13.8 Å². The Kier molecular flexibility index (Phi) is 4.54. The normalized spacial score (nSPS) is 11.8. The molecule has 0 radical (unpaired) electrons. The first-order valence-corrected chi connectivity index (χ1v) is 8.48. The molecule has 2 rings (SSSR count). The molecule has 0 saturated carbocycles. The van der Waals surface area contributed by atoms with E-state index in [1.165, 1.54) is 11.3 Å². The predicted octanol–water partition coefficient (Wildman–Crippen LogP) is 1.70. The molecule has 7 heteroatoms. The van der Waals surface area contributed by atoms with Crippen LogP contribution in [0.15, 0.2) is 28.6 Å². The number of aromatic nitrogens is 1. The van der Waals surface area contributed by atoms with Crippen LogP contribution in [-0.2, 0) is 23.1 Å². The minimum Gasteiger partial charge on any atom is -0.326 e. The molecular weight excluding hydrogens is 294 g/mol. The van der Waals surface area contributed by atoms with Crippen LogP contribution in [0.25, 0.3) is 0 Å². The van der Waals surface area contributed by atoms with Crippen LogP contribution >= 0.6 is 11.3 Å². The Balaban J connectivity index is 2.20. The van der Waals surface area contributed by atoms with Crippen LogP contribution < -0.4 is 10.5 Å². The molecule has 0 amide bonds. The van der Waals surface area contributed by atoms with E-state index in [-0.39, 0.29) is 11.4 Å². The molecule has 2 aromatic rings. The Morgan fingerprint density at radius 3 is 2.70 bits per heavy atom. The summed E-state index contributed by atoms with van der Waals surface area (Å²) >= 11 is 1.44. The Labute approximate surface area is 122 Å². The molecule has 20 heavy (non-hydrogen) atoms. The van der Waals surface area contributed by atoms with Crippen molar-refractivity contribution in [3.05, 3.63) is 45.4 Å². The van der Waals surface area contributed by atoms with Crippen LogP contribution in [0.1, 0.15) is 21.7 Å². The summed E-state index contributed by atoms with van der Waals surface area (Å²) < 4.78 is 27.1. The van der Waals surface area contributed by atoms with Crippen LogP contribution in [0.5, 0.6) is 0 Å². The summed E-state index contributed by atoms with van der Waals surface area (Å²) in [5.74, 6) is 0. The number of hydrogen-bond acceptors (Lipinski definition) is 5. The number of hydrogen-bond donors (Lipinski definition) is 2.